The Morgan fingerprint density at radius 2 is 1.71 bits per heavy atom. The monoisotopic (exact) mass is 291 g/mol. The highest BCUT2D eigenvalue weighted by Gasteiger charge is 2.58. The molecule has 4 aliphatic carbocycles. The molecule has 2 N–H and O–H groups in total. The Balaban J connectivity index is 1.52. The lowest BCUT2D eigenvalue weighted by Gasteiger charge is -2.64. The topological polar surface area (TPSA) is 32.5 Å². The van der Waals surface area contributed by atoms with Crippen molar-refractivity contribution in [2.45, 2.75) is 44.1 Å². The summed E-state index contributed by atoms with van der Waals surface area (Å²) in [6.45, 7) is 4.72. The Hall–Kier alpha value is -0.120. The van der Waals surface area contributed by atoms with Gasteiger partial charge < -0.3 is 10.6 Å². The molecule has 0 spiro atoms. The molecule has 1 aliphatic heterocycles. The van der Waals surface area contributed by atoms with Gasteiger partial charge >= 0.3 is 0 Å². The molecule has 3 heteroatoms. The fourth-order valence-electron chi connectivity index (χ4n) is 6.85. The second kappa shape index (κ2) is 5.21. The maximum Gasteiger partial charge on any atom is 0.0385 e. The number of hydrogen-bond acceptors (Lipinski definition) is 3. The fourth-order valence-corrected chi connectivity index (χ4v) is 6.85. The number of rotatable bonds is 4. The summed E-state index contributed by atoms with van der Waals surface area (Å²) in [6.07, 6.45) is 8.79. The molecule has 0 radical (unpaired) electrons. The van der Waals surface area contributed by atoms with Crippen molar-refractivity contribution in [3.63, 3.8) is 0 Å². The van der Waals surface area contributed by atoms with Gasteiger partial charge in [-0.1, -0.05) is 0 Å². The van der Waals surface area contributed by atoms with Crippen LogP contribution < -0.4 is 5.73 Å². The normalized spacial score (nSPS) is 49.4. The molecule has 0 aromatic rings. The Kier molecular flexibility index (Phi) is 3.59. The summed E-state index contributed by atoms with van der Waals surface area (Å²) in [6, 6.07) is 0. The van der Waals surface area contributed by atoms with E-state index in [2.05, 4.69) is 23.9 Å². The first-order valence-corrected chi connectivity index (χ1v) is 9.21. The second-order valence-corrected chi connectivity index (χ2v) is 8.80. The van der Waals surface area contributed by atoms with E-state index in [1.54, 1.807) is 0 Å². The van der Waals surface area contributed by atoms with Gasteiger partial charge in [0.25, 0.3) is 0 Å². The van der Waals surface area contributed by atoms with Crippen LogP contribution in [0.3, 0.4) is 0 Å². The van der Waals surface area contributed by atoms with Gasteiger partial charge in [-0.2, -0.15) is 0 Å². The van der Waals surface area contributed by atoms with Crippen molar-refractivity contribution in [3.8, 4) is 0 Å². The summed E-state index contributed by atoms with van der Waals surface area (Å²) in [5.74, 6) is 4.72. The smallest absolute Gasteiger partial charge is 0.0385 e. The van der Waals surface area contributed by atoms with Gasteiger partial charge in [-0.3, -0.25) is 4.90 Å². The zero-order valence-corrected chi connectivity index (χ0v) is 13.9. The lowest BCUT2D eigenvalue weighted by molar-refractivity contribution is -0.126. The van der Waals surface area contributed by atoms with Crippen molar-refractivity contribution in [2.75, 3.05) is 40.3 Å². The summed E-state index contributed by atoms with van der Waals surface area (Å²) in [5, 5.41) is 0. The molecule has 21 heavy (non-hydrogen) atoms. The zero-order valence-electron chi connectivity index (χ0n) is 13.9. The minimum atomic E-state index is 0.342. The van der Waals surface area contributed by atoms with Gasteiger partial charge in [0.05, 0.1) is 0 Å². The van der Waals surface area contributed by atoms with Gasteiger partial charge in [-0.15, -0.1) is 0 Å². The molecule has 1 saturated heterocycles. The molecule has 4 saturated carbocycles. The van der Waals surface area contributed by atoms with E-state index < -0.39 is 0 Å². The molecule has 5 rings (SSSR count). The molecular formula is C18H33N3. The number of nitrogens with zero attached hydrogens (tertiary/aromatic N) is 2. The predicted molar refractivity (Wildman–Crippen MR) is 87.1 cm³/mol. The molecule has 1 heterocycles. The summed E-state index contributed by atoms with van der Waals surface area (Å²) < 4.78 is 0. The highest BCUT2D eigenvalue weighted by atomic mass is 15.2. The van der Waals surface area contributed by atoms with Crippen molar-refractivity contribution < 1.29 is 0 Å². The summed E-state index contributed by atoms with van der Waals surface area (Å²) >= 11 is 0. The number of hydrogen-bond donors (Lipinski definition) is 1. The lowest BCUT2D eigenvalue weighted by atomic mass is 9.48. The first-order chi connectivity index (χ1) is 10.1. The van der Waals surface area contributed by atoms with Crippen molar-refractivity contribution in [1.29, 1.82) is 0 Å². The molecule has 120 valence electrons. The molecule has 4 bridgehead atoms. The van der Waals surface area contributed by atoms with E-state index in [9.17, 15) is 0 Å². The largest absolute Gasteiger partial charge is 0.329 e. The Morgan fingerprint density at radius 1 is 1.10 bits per heavy atom. The van der Waals surface area contributed by atoms with Crippen LogP contribution in [0.2, 0.25) is 0 Å². The van der Waals surface area contributed by atoms with Crippen LogP contribution in [0.15, 0.2) is 0 Å². The van der Waals surface area contributed by atoms with Crippen LogP contribution in [0.1, 0.15) is 38.5 Å². The van der Waals surface area contributed by atoms with E-state index in [0.29, 0.717) is 5.54 Å². The third-order valence-electron chi connectivity index (χ3n) is 7.61. The SMILES string of the molecule is CN1CCC(CN(C)C2(CN)C3CC4CC(C3)CC2C4)C1. The van der Waals surface area contributed by atoms with E-state index in [4.69, 9.17) is 5.73 Å². The third-order valence-corrected chi connectivity index (χ3v) is 7.61. The quantitative estimate of drug-likeness (QED) is 0.860. The van der Waals surface area contributed by atoms with E-state index in [0.717, 1.165) is 36.1 Å². The molecule has 1 atom stereocenters. The van der Waals surface area contributed by atoms with Crippen LogP contribution in [-0.2, 0) is 0 Å². The van der Waals surface area contributed by atoms with Crippen molar-refractivity contribution in [2.24, 2.45) is 35.3 Å². The fraction of sp³-hybridized carbons (Fsp3) is 1.00. The number of likely N-dealkylation sites (tertiary alicyclic amines) is 1. The first-order valence-electron chi connectivity index (χ1n) is 9.21. The van der Waals surface area contributed by atoms with Gasteiger partial charge in [0, 0.05) is 25.2 Å². The molecule has 0 aromatic heterocycles. The van der Waals surface area contributed by atoms with Gasteiger partial charge in [-0.25, -0.2) is 0 Å². The van der Waals surface area contributed by atoms with E-state index in [1.807, 2.05) is 0 Å². The van der Waals surface area contributed by atoms with Crippen LogP contribution in [-0.4, -0.2) is 55.6 Å². The molecule has 3 nitrogen and oxygen atoms in total. The molecule has 1 unspecified atom stereocenters. The Bertz CT molecular complexity index is 366. The summed E-state index contributed by atoms with van der Waals surface area (Å²) in [5.41, 5.74) is 6.78. The number of likely N-dealkylation sites (N-methyl/N-ethyl adjacent to an activating group) is 1. The van der Waals surface area contributed by atoms with Crippen molar-refractivity contribution >= 4 is 0 Å². The average molecular weight is 291 g/mol. The standard InChI is InChI=1S/C18H33N3/c1-20-4-3-13(10-20)11-21(2)18(12-19)16-6-14-5-15(8-16)9-17(18)7-14/h13-17H,3-12,19H2,1-2H3. The van der Waals surface area contributed by atoms with Gasteiger partial charge in [0.2, 0.25) is 0 Å². The molecular weight excluding hydrogens is 258 g/mol. The van der Waals surface area contributed by atoms with Gasteiger partial charge in [0.1, 0.15) is 0 Å². The Labute approximate surface area is 130 Å². The van der Waals surface area contributed by atoms with Gasteiger partial charge in [0.15, 0.2) is 0 Å². The van der Waals surface area contributed by atoms with Crippen LogP contribution in [0.5, 0.6) is 0 Å². The molecule has 5 aliphatic rings. The lowest BCUT2D eigenvalue weighted by Crippen LogP contribution is -2.68. The zero-order chi connectivity index (χ0) is 14.6. The van der Waals surface area contributed by atoms with Crippen LogP contribution in [0, 0.1) is 29.6 Å². The minimum Gasteiger partial charge on any atom is -0.329 e. The maximum absolute atomic E-state index is 6.44. The average Bonchev–Trinajstić information content (AvgIpc) is 2.84. The minimum absolute atomic E-state index is 0.342. The maximum atomic E-state index is 6.44. The van der Waals surface area contributed by atoms with Crippen molar-refractivity contribution in [1.82, 2.24) is 9.80 Å². The molecule has 5 fully saturated rings. The highest BCUT2D eigenvalue weighted by molar-refractivity contribution is 5.12. The molecule has 0 amide bonds. The van der Waals surface area contributed by atoms with Crippen LogP contribution in [0.25, 0.3) is 0 Å². The summed E-state index contributed by atoms with van der Waals surface area (Å²) in [4.78, 5) is 5.23. The van der Waals surface area contributed by atoms with E-state index >= 15 is 0 Å². The number of nitrogens with two attached hydrogens (primary N) is 1. The highest BCUT2D eigenvalue weighted by Crippen LogP contribution is 2.59. The van der Waals surface area contributed by atoms with Crippen molar-refractivity contribution in [3.05, 3.63) is 0 Å². The van der Waals surface area contributed by atoms with Gasteiger partial charge in [-0.05, 0) is 88.8 Å². The van der Waals surface area contributed by atoms with Crippen LogP contribution >= 0.6 is 0 Å². The third kappa shape index (κ3) is 2.19. The molecule has 0 aromatic carbocycles. The van der Waals surface area contributed by atoms with E-state index in [-0.39, 0.29) is 0 Å². The predicted octanol–water partition coefficient (Wildman–Crippen LogP) is 2.02. The second-order valence-electron chi connectivity index (χ2n) is 8.80. The summed E-state index contributed by atoms with van der Waals surface area (Å²) in [7, 11) is 4.66. The van der Waals surface area contributed by atoms with Crippen LogP contribution in [0.4, 0.5) is 0 Å². The first kappa shape index (κ1) is 14.5. The van der Waals surface area contributed by atoms with E-state index in [1.165, 1.54) is 58.2 Å². The Morgan fingerprint density at radius 3 is 2.19 bits per heavy atom.